The number of esters is 3. The van der Waals surface area contributed by atoms with Crippen molar-refractivity contribution in [1.82, 2.24) is 0 Å². The number of allylic oxidation sites excluding steroid dienone is 17. The Hall–Kier alpha value is -3.93. The molecular weight excluding hydrogens is 769 g/mol. The van der Waals surface area contributed by atoms with Gasteiger partial charge in [-0.2, -0.15) is 0 Å². The van der Waals surface area contributed by atoms with E-state index in [1.165, 1.54) is 44.9 Å². The van der Waals surface area contributed by atoms with Crippen LogP contribution in [0.3, 0.4) is 0 Å². The van der Waals surface area contributed by atoms with Gasteiger partial charge in [0.15, 0.2) is 6.10 Å². The van der Waals surface area contributed by atoms with Gasteiger partial charge in [-0.25, -0.2) is 0 Å². The Bertz CT molecular complexity index is 1310. The van der Waals surface area contributed by atoms with Gasteiger partial charge in [-0.3, -0.25) is 14.4 Å². The third-order valence-electron chi connectivity index (χ3n) is 10.0. The molecule has 0 aliphatic carbocycles. The van der Waals surface area contributed by atoms with Gasteiger partial charge in [-0.05, 0) is 103 Å². The minimum atomic E-state index is -0.831. The molecule has 0 fully saturated rings. The summed E-state index contributed by atoms with van der Waals surface area (Å²) in [5.41, 5.74) is 0. The normalized spacial score (nSPS) is 13.0. The van der Waals surface area contributed by atoms with Gasteiger partial charge >= 0.3 is 17.9 Å². The summed E-state index contributed by atoms with van der Waals surface area (Å²) in [7, 11) is 0. The van der Waals surface area contributed by atoms with Crippen molar-refractivity contribution < 1.29 is 28.6 Å². The lowest BCUT2D eigenvalue weighted by atomic mass is 10.1. The third kappa shape index (κ3) is 47.1. The summed E-state index contributed by atoms with van der Waals surface area (Å²) < 4.78 is 16.6. The van der Waals surface area contributed by atoms with Crippen molar-refractivity contribution in [2.75, 3.05) is 13.2 Å². The highest BCUT2D eigenvalue weighted by Crippen LogP contribution is 2.12. The second kappa shape index (κ2) is 49.7. The molecule has 0 rings (SSSR count). The highest BCUT2D eigenvalue weighted by Gasteiger charge is 2.19. The summed E-state index contributed by atoms with van der Waals surface area (Å²) in [5.74, 6) is -1.09. The lowest BCUT2D eigenvalue weighted by Gasteiger charge is -2.18. The maximum absolute atomic E-state index is 12.8. The molecule has 0 heterocycles. The predicted molar refractivity (Wildman–Crippen MR) is 265 cm³/mol. The van der Waals surface area contributed by atoms with E-state index in [0.29, 0.717) is 6.42 Å². The zero-order valence-electron chi connectivity index (χ0n) is 39.8. The summed E-state index contributed by atoms with van der Waals surface area (Å²) in [6, 6.07) is 0. The van der Waals surface area contributed by atoms with Gasteiger partial charge in [-0.15, -0.1) is 0 Å². The fourth-order valence-corrected chi connectivity index (χ4v) is 6.35. The van der Waals surface area contributed by atoms with Crippen LogP contribution in [0.15, 0.2) is 109 Å². The fraction of sp³-hybridized carbons (Fsp3) is 0.625. The van der Waals surface area contributed by atoms with Crippen molar-refractivity contribution in [3.63, 3.8) is 0 Å². The van der Waals surface area contributed by atoms with E-state index in [1.54, 1.807) is 6.08 Å². The minimum Gasteiger partial charge on any atom is -0.462 e. The van der Waals surface area contributed by atoms with E-state index < -0.39 is 12.1 Å². The molecule has 0 aliphatic heterocycles. The third-order valence-corrected chi connectivity index (χ3v) is 10.0. The molecule has 0 aromatic rings. The van der Waals surface area contributed by atoms with Gasteiger partial charge in [0.05, 0.1) is 6.42 Å². The molecule has 0 bridgehead atoms. The molecule has 0 saturated heterocycles. The number of hydrogen-bond donors (Lipinski definition) is 0. The van der Waals surface area contributed by atoms with Crippen LogP contribution in [0.5, 0.6) is 0 Å². The van der Waals surface area contributed by atoms with Gasteiger partial charge in [0.1, 0.15) is 13.2 Å². The minimum absolute atomic E-state index is 0.118. The smallest absolute Gasteiger partial charge is 0.309 e. The average molecular weight is 859 g/mol. The van der Waals surface area contributed by atoms with Crippen molar-refractivity contribution in [3.05, 3.63) is 109 Å². The van der Waals surface area contributed by atoms with Crippen LogP contribution in [0.25, 0.3) is 0 Å². The van der Waals surface area contributed by atoms with Crippen LogP contribution in [0.1, 0.15) is 207 Å². The van der Waals surface area contributed by atoms with Crippen LogP contribution in [-0.2, 0) is 28.6 Å². The fourth-order valence-electron chi connectivity index (χ4n) is 6.35. The van der Waals surface area contributed by atoms with Crippen molar-refractivity contribution in [2.24, 2.45) is 0 Å². The highest BCUT2D eigenvalue weighted by atomic mass is 16.6. The molecule has 62 heavy (non-hydrogen) atoms. The molecule has 0 radical (unpaired) electrons. The van der Waals surface area contributed by atoms with E-state index in [0.717, 1.165) is 122 Å². The van der Waals surface area contributed by atoms with Crippen molar-refractivity contribution in [1.29, 1.82) is 0 Å². The Balaban J connectivity index is 4.57. The molecule has 1 unspecified atom stereocenters. The molecule has 0 saturated carbocycles. The zero-order valence-corrected chi connectivity index (χ0v) is 39.8. The summed E-state index contributed by atoms with van der Waals surface area (Å²) in [6.45, 7) is 6.27. The maximum atomic E-state index is 12.8. The number of rotatable bonds is 43. The SMILES string of the molecule is CC/C=C\C/C=C\C/C=C\C/C=C\C/C=C\CC(=O)OCC(COC(=O)CCCCCCC/C=C\CCCCCCC)OC(=O)CCCCCCC/C=C\C/C=C\C/C=C\CC. The van der Waals surface area contributed by atoms with Gasteiger partial charge < -0.3 is 14.2 Å². The first-order valence-corrected chi connectivity index (χ1v) is 24.9. The zero-order chi connectivity index (χ0) is 45.1. The second-order valence-corrected chi connectivity index (χ2v) is 16.0. The van der Waals surface area contributed by atoms with Crippen molar-refractivity contribution in [2.45, 2.75) is 213 Å². The summed E-state index contributed by atoms with van der Waals surface area (Å²) in [4.78, 5) is 37.9. The van der Waals surface area contributed by atoms with Crippen LogP contribution in [-0.4, -0.2) is 37.2 Å². The lowest BCUT2D eigenvalue weighted by Crippen LogP contribution is -2.30. The average Bonchev–Trinajstić information content (AvgIpc) is 3.27. The van der Waals surface area contributed by atoms with Gasteiger partial charge in [0.2, 0.25) is 0 Å². The summed E-state index contributed by atoms with van der Waals surface area (Å²) in [5, 5.41) is 0. The molecule has 6 heteroatoms. The Kier molecular flexibility index (Phi) is 46.6. The van der Waals surface area contributed by atoms with Crippen LogP contribution < -0.4 is 0 Å². The topological polar surface area (TPSA) is 78.9 Å². The molecule has 1 atom stereocenters. The molecule has 0 aromatic heterocycles. The first-order chi connectivity index (χ1) is 30.5. The van der Waals surface area contributed by atoms with Crippen LogP contribution >= 0.6 is 0 Å². The number of unbranched alkanes of at least 4 members (excludes halogenated alkanes) is 15. The number of ether oxygens (including phenoxy) is 3. The van der Waals surface area contributed by atoms with E-state index >= 15 is 0 Å². The first kappa shape index (κ1) is 58.1. The number of hydrogen-bond acceptors (Lipinski definition) is 6. The number of carbonyl (C=O) groups excluding carboxylic acids is 3. The standard InChI is InChI=1S/C56H90O6/c1-4-7-10-13-16-19-22-25-28-31-34-37-40-43-46-49-55(58)61-52-53(51-60-54(57)48-45-42-39-36-33-30-27-24-21-18-15-12-9-6-3)62-56(59)50-47-44-41-38-35-32-29-26-23-20-17-14-11-8-5-2/h7-8,10-11,16-17,19-20,24-29,34,37,43,46,53H,4-6,9,12-15,18,21-23,30-33,35-36,38-42,44-45,47-52H2,1-3H3/b10-7-,11-8-,19-16-,20-17-,27-24-,28-25-,29-26-,37-34-,46-43-. The molecule has 0 N–H and O–H groups in total. The Labute approximate surface area is 380 Å². The Morgan fingerprint density at radius 1 is 0.355 bits per heavy atom. The van der Waals surface area contributed by atoms with E-state index in [1.807, 2.05) is 6.08 Å². The van der Waals surface area contributed by atoms with E-state index in [-0.39, 0.29) is 38.0 Å². The Morgan fingerprint density at radius 2 is 0.694 bits per heavy atom. The number of carbonyl (C=O) groups is 3. The van der Waals surface area contributed by atoms with Crippen LogP contribution in [0, 0.1) is 0 Å². The molecule has 350 valence electrons. The molecular formula is C56H90O6. The molecule has 0 amide bonds. The van der Waals surface area contributed by atoms with Crippen molar-refractivity contribution in [3.8, 4) is 0 Å². The Morgan fingerprint density at radius 3 is 1.15 bits per heavy atom. The largest absolute Gasteiger partial charge is 0.462 e. The summed E-state index contributed by atoms with van der Waals surface area (Å²) >= 11 is 0. The highest BCUT2D eigenvalue weighted by molar-refractivity contribution is 5.72. The van der Waals surface area contributed by atoms with Gasteiger partial charge in [-0.1, -0.05) is 194 Å². The van der Waals surface area contributed by atoms with Crippen LogP contribution in [0.4, 0.5) is 0 Å². The second-order valence-electron chi connectivity index (χ2n) is 16.0. The van der Waals surface area contributed by atoms with Gasteiger partial charge in [0.25, 0.3) is 0 Å². The van der Waals surface area contributed by atoms with E-state index in [9.17, 15) is 14.4 Å². The van der Waals surface area contributed by atoms with E-state index in [2.05, 4.69) is 118 Å². The first-order valence-electron chi connectivity index (χ1n) is 24.9. The molecule has 6 nitrogen and oxygen atoms in total. The molecule has 0 aliphatic rings. The van der Waals surface area contributed by atoms with E-state index in [4.69, 9.17) is 14.2 Å². The van der Waals surface area contributed by atoms with Crippen molar-refractivity contribution >= 4 is 17.9 Å². The maximum Gasteiger partial charge on any atom is 0.309 e. The van der Waals surface area contributed by atoms with Crippen LogP contribution in [0.2, 0.25) is 0 Å². The summed E-state index contributed by atoms with van der Waals surface area (Å²) in [6.07, 6.45) is 66.6. The quantitative estimate of drug-likeness (QED) is 0.0263. The monoisotopic (exact) mass is 859 g/mol. The predicted octanol–water partition coefficient (Wildman–Crippen LogP) is 16.4. The van der Waals surface area contributed by atoms with Gasteiger partial charge in [0, 0.05) is 12.8 Å². The lowest BCUT2D eigenvalue weighted by molar-refractivity contribution is -0.166. The molecule has 0 aromatic carbocycles. The molecule has 0 spiro atoms.